The molecular formula is C12H10N5O3S-. The van der Waals surface area contributed by atoms with Gasteiger partial charge in [0.25, 0.3) is 0 Å². The Labute approximate surface area is 123 Å². The number of benzene rings is 1. The Morgan fingerprint density at radius 2 is 2.05 bits per heavy atom. The summed E-state index contributed by atoms with van der Waals surface area (Å²) in [6.07, 6.45) is 0. The van der Waals surface area contributed by atoms with Crippen molar-refractivity contribution < 1.29 is 9.90 Å². The summed E-state index contributed by atoms with van der Waals surface area (Å²) in [7, 11) is 0. The van der Waals surface area contributed by atoms with E-state index in [1.807, 2.05) is 0 Å². The van der Waals surface area contributed by atoms with Gasteiger partial charge in [-0.15, -0.1) is 10.2 Å². The second-order valence-electron chi connectivity index (χ2n) is 4.07. The van der Waals surface area contributed by atoms with Gasteiger partial charge in [-0.05, 0) is 25.2 Å². The Bertz CT molecular complexity index is 805. The van der Waals surface area contributed by atoms with E-state index >= 15 is 0 Å². The lowest BCUT2D eigenvalue weighted by Gasteiger charge is -2.04. The third-order valence-corrected chi connectivity index (χ3v) is 2.83. The molecule has 21 heavy (non-hydrogen) atoms. The van der Waals surface area contributed by atoms with Gasteiger partial charge >= 0.3 is 5.56 Å². The summed E-state index contributed by atoms with van der Waals surface area (Å²) in [6, 6.07) is 5.91. The van der Waals surface area contributed by atoms with Crippen molar-refractivity contribution in [2.75, 3.05) is 0 Å². The number of rotatable bonds is 3. The first-order valence-corrected chi connectivity index (χ1v) is 6.16. The molecule has 0 aliphatic heterocycles. The van der Waals surface area contributed by atoms with Crippen molar-refractivity contribution in [3.63, 3.8) is 0 Å². The Morgan fingerprint density at radius 3 is 2.62 bits per heavy atom. The number of nitrogens with zero attached hydrogens (tertiary/aromatic N) is 3. The minimum atomic E-state index is -1.38. The number of aromatic amines is 1. The maximum Gasteiger partial charge on any atom is 0.301 e. The molecule has 1 aromatic carbocycles. The summed E-state index contributed by atoms with van der Waals surface area (Å²) in [5, 5.41) is 21.0. The molecule has 2 rings (SSSR count). The second-order valence-corrected chi connectivity index (χ2v) is 4.49. The molecule has 0 radical (unpaired) electrons. The number of thiocarbonyl (C=S) groups is 1. The van der Waals surface area contributed by atoms with E-state index in [0.717, 1.165) is 4.68 Å². The molecule has 0 saturated heterocycles. The number of carboxylic acid groups (broad SMARTS) is 1. The summed E-state index contributed by atoms with van der Waals surface area (Å²) in [6.45, 7) is 1.59. The van der Waals surface area contributed by atoms with Gasteiger partial charge < -0.3 is 15.6 Å². The number of aryl methyl sites for hydroxylation is 1. The van der Waals surface area contributed by atoms with Crippen LogP contribution < -0.4 is 16.4 Å². The molecule has 108 valence electrons. The van der Waals surface area contributed by atoms with Crippen molar-refractivity contribution in [3.05, 3.63) is 45.9 Å². The highest BCUT2D eigenvalue weighted by atomic mass is 32.1. The maximum atomic E-state index is 12.0. The minimum Gasteiger partial charge on any atom is -0.545 e. The summed E-state index contributed by atoms with van der Waals surface area (Å²) >= 11 is 4.71. The quantitative estimate of drug-likeness (QED) is 0.624. The van der Waals surface area contributed by atoms with E-state index in [9.17, 15) is 14.7 Å². The maximum absolute atomic E-state index is 12.0. The van der Waals surface area contributed by atoms with Crippen LogP contribution >= 0.6 is 12.2 Å². The van der Waals surface area contributed by atoms with Gasteiger partial charge in [0.1, 0.15) is 0 Å². The topological polar surface area (TPSA) is 129 Å². The van der Waals surface area contributed by atoms with Gasteiger partial charge in [0, 0.05) is 5.56 Å². The van der Waals surface area contributed by atoms with E-state index < -0.39 is 11.5 Å². The Balaban J connectivity index is 2.46. The van der Waals surface area contributed by atoms with Crippen LogP contribution in [0, 0.1) is 6.92 Å². The lowest BCUT2D eigenvalue weighted by molar-refractivity contribution is -0.254. The summed E-state index contributed by atoms with van der Waals surface area (Å²) in [5.41, 5.74) is 5.18. The number of azo groups is 1. The Morgan fingerprint density at radius 1 is 1.38 bits per heavy atom. The molecule has 0 saturated carbocycles. The van der Waals surface area contributed by atoms with Crippen LogP contribution in [0.4, 0.5) is 11.4 Å². The number of carbonyl (C=O) groups excluding carboxylic acids is 1. The van der Waals surface area contributed by atoms with Crippen LogP contribution in [0.3, 0.4) is 0 Å². The fourth-order valence-electron chi connectivity index (χ4n) is 1.65. The van der Waals surface area contributed by atoms with Crippen LogP contribution in [0.5, 0.6) is 0 Å². The average Bonchev–Trinajstić information content (AvgIpc) is 2.72. The van der Waals surface area contributed by atoms with E-state index in [2.05, 4.69) is 15.3 Å². The van der Waals surface area contributed by atoms with Crippen molar-refractivity contribution in [2.24, 2.45) is 16.0 Å². The number of carbonyl (C=O) groups is 1. The number of H-pyrrole nitrogens is 1. The number of aromatic carboxylic acids is 1. The van der Waals surface area contributed by atoms with Gasteiger partial charge in [-0.1, -0.05) is 18.2 Å². The van der Waals surface area contributed by atoms with Crippen molar-refractivity contribution in [1.29, 1.82) is 0 Å². The largest absolute Gasteiger partial charge is 0.545 e. The summed E-state index contributed by atoms with van der Waals surface area (Å²) in [5.74, 6) is -1.38. The molecule has 0 aliphatic carbocycles. The van der Waals surface area contributed by atoms with Gasteiger partial charge in [-0.3, -0.25) is 9.89 Å². The Kier molecular flexibility index (Phi) is 3.94. The Hall–Kier alpha value is -2.81. The highest BCUT2D eigenvalue weighted by Crippen LogP contribution is 2.21. The molecule has 0 spiro atoms. The van der Waals surface area contributed by atoms with E-state index in [1.54, 1.807) is 13.0 Å². The third-order valence-electron chi connectivity index (χ3n) is 2.64. The molecule has 0 bridgehead atoms. The molecular weight excluding hydrogens is 294 g/mol. The normalized spacial score (nSPS) is 10.9. The molecule has 0 unspecified atom stereocenters. The van der Waals surface area contributed by atoms with Gasteiger partial charge in [0.2, 0.25) is 0 Å². The zero-order valence-electron chi connectivity index (χ0n) is 10.9. The van der Waals surface area contributed by atoms with Gasteiger partial charge in [-0.25, -0.2) is 0 Å². The van der Waals surface area contributed by atoms with E-state index in [-0.39, 0.29) is 22.1 Å². The van der Waals surface area contributed by atoms with Crippen LogP contribution in [0.1, 0.15) is 16.1 Å². The lowest BCUT2D eigenvalue weighted by Crippen LogP contribution is -2.29. The molecule has 1 heterocycles. The third kappa shape index (κ3) is 2.87. The van der Waals surface area contributed by atoms with Crippen LogP contribution in [0.15, 0.2) is 39.3 Å². The summed E-state index contributed by atoms with van der Waals surface area (Å²) < 4.78 is 0.948. The molecule has 3 N–H and O–H groups in total. The van der Waals surface area contributed by atoms with Gasteiger partial charge in [-0.2, -0.15) is 4.68 Å². The standard InChI is InChI=1S/C12H11N5O3S/c1-6-9(10(18)17(16-6)12(13)21)15-14-8-5-3-2-4-7(8)11(19)20/h2-5,16H,1H3,(H2,13,21)(H,19,20)/p-1. The number of aromatic nitrogens is 2. The SMILES string of the molecule is Cc1[nH]n(C(N)=S)c(=O)c1N=Nc1ccccc1C(=O)[O-]. The number of carboxylic acids is 1. The zero-order valence-corrected chi connectivity index (χ0v) is 11.7. The predicted molar refractivity (Wildman–Crippen MR) is 76.9 cm³/mol. The van der Waals surface area contributed by atoms with E-state index in [4.69, 9.17) is 18.0 Å². The molecule has 0 atom stereocenters. The molecule has 1 aromatic heterocycles. The smallest absolute Gasteiger partial charge is 0.301 e. The molecule has 2 aromatic rings. The first-order chi connectivity index (χ1) is 9.91. The molecule has 0 aliphatic rings. The van der Waals surface area contributed by atoms with Gasteiger partial charge in [0.05, 0.1) is 17.4 Å². The monoisotopic (exact) mass is 304 g/mol. The van der Waals surface area contributed by atoms with E-state index in [1.165, 1.54) is 18.2 Å². The van der Waals surface area contributed by atoms with Crippen molar-refractivity contribution in [3.8, 4) is 0 Å². The lowest BCUT2D eigenvalue weighted by atomic mass is 10.2. The molecule has 8 nitrogen and oxygen atoms in total. The summed E-state index contributed by atoms with van der Waals surface area (Å²) in [4.78, 5) is 22.9. The first-order valence-electron chi connectivity index (χ1n) is 5.75. The fourth-order valence-corrected chi connectivity index (χ4v) is 1.78. The second kappa shape index (κ2) is 5.67. The van der Waals surface area contributed by atoms with Crippen LogP contribution in [-0.2, 0) is 0 Å². The number of nitrogens with one attached hydrogen (secondary N) is 1. The minimum absolute atomic E-state index is 0.00375. The predicted octanol–water partition coefficient (Wildman–Crippen LogP) is 0.355. The average molecular weight is 304 g/mol. The number of hydrogen-bond acceptors (Lipinski definition) is 6. The molecule has 0 amide bonds. The highest BCUT2D eigenvalue weighted by molar-refractivity contribution is 7.80. The highest BCUT2D eigenvalue weighted by Gasteiger charge is 2.12. The van der Waals surface area contributed by atoms with Crippen molar-refractivity contribution >= 4 is 34.7 Å². The number of nitrogens with two attached hydrogens (primary N) is 1. The van der Waals surface area contributed by atoms with Crippen LogP contribution in [0.25, 0.3) is 0 Å². The number of hydrogen-bond donors (Lipinski definition) is 2. The first kappa shape index (κ1) is 14.6. The van der Waals surface area contributed by atoms with Gasteiger partial charge in [0.15, 0.2) is 10.8 Å². The van der Waals surface area contributed by atoms with E-state index in [0.29, 0.717) is 5.69 Å². The van der Waals surface area contributed by atoms with Crippen molar-refractivity contribution in [1.82, 2.24) is 9.78 Å². The molecule has 0 fully saturated rings. The van der Waals surface area contributed by atoms with Crippen LogP contribution in [0.2, 0.25) is 0 Å². The fraction of sp³-hybridized carbons (Fsp3) is 0.0833. The zero-order chi connectivity index (χ0) is 15.6. The van der Waals surface area contributed by atoms with Crippen LogP contribution in [-0.4, -0.2) is 20.9 Å². The van der Waals surface area contributed by atoms with Crippen molar-refractivity contribution in [2.45, 2.75) is 6.92 Å². The molecule has 9 heteroatoms.